The van der Waals surface area contributed by atoms with E-state index in [1.807, 2.05) is 0 Å². The first kappa shape index (κ1) is 7.60. The van der Waals surface area contributed by atoms with Gasteiger partial charge < -0.3 is 10.3 Å². The van der Waals surface area contributed by atoms with Gasteiger partial charge in [0.1, 0.15) is 11.5 Å². The van der Waals surface area contributed by atoms with Crippen LogP contribution < -0.4 is 5.32 Å². The molecule has 0 atom stereocenters. The molecule has 2 heterocycles. The van der Waals surface area contributed by atoms with Gasteiger partial charge in [-0.2, -0.15) is 5.10 Å². The summed E-state index contributed by atoms with van der Waals surface area (Å²) in [6.07, 6.45) is 3.27. The third-order valence-corrected chi connectivity index (χ3v) is 1.59. The maximum atomic E-state index is 11.4. The van der Waals surface area contributed by atoms with E-state index in [1.165, 1.54) is 0 Å². The molecule has 3 N–H and O–H groups in total. The summed E-state index contributed by atoms with van der Waals surface area (Å²) in [5, 5.41) is 8.98. The third kappa shape index (κ3) is 1.58. The molecule has 0 radical (unpaired) electrons. The van der Waals surface area contributed by atoms with E-state index >= 15 is 0 Å². The number of hydrogen-bond acceptors (Lipinski definition) is 2. The van der Waals surface area contributed by atoms with Crippen molar-refractivity contribution in [2.75, 3.05) is 5.32 Å². The van der Waals surface area contributed by atoms with E-state index in [4.69, 9.17) is 0 Å². The van der Waals surface area contributed by atoms with Crippen molar-refractivity contribution in [3.05, 3.63) is 36.3 Å². The predicted octanol–water partition coefficient (Wildman–Crippen LogP) is 0.990. The highest BCUT2D eigenvalue weighted by molar-refractivity contribution is 6.02. The highest BCUT2D eigenvalue weighted by Gasteiger charge is 2.05. The fourth-order valence-electron chi connectivity index (χ4n) is 0.987. The Hall–Kier alpha value is -2.04. The second kappa shape index (κ2) is 3.14. The summed E-state index contributed by atoms with van der Waals surface area (Å²) in [5.41, 5.74) is 0.523. The highest BCUT2D eigenvalue weighted by atomic mass is 16.1. The van der Waals surface area contributed by atoms with Gasteiger partial charge in [0.2, 0.25) is 0 Å². The van der Waals surface area contributed by atoms with Crippen LogP contribution in [0.1, 0.15) is 10.5 Å². The topological polar surface area (TPSA) is 73.6 Å². The number of aromatic nitrogens is 3. The maximum absolute atomic E-state index is 11.4. The van der Waals surface area contributed by atoms with Crippen molar-refractivity contribution in [2.45, 2.75) is 0 Å². The number of nitrogens with zero attached hydrogens (tertiary/aromatic N) is 1. The van der Waals surface area contributed by atoms with Gasteiger partial charge in [-0.15, -0.1) is 0 Å². The minimum atomic E-state index is -0.186. The van der Waals surface area contributed by atoms with Crippen LogP contribution in [0.3, 0.4) is 0 Å². The van der Waals surface area contributed by atoms with Crippen molar-refractivity contribution in [1.29, 1.82) is 0 Å². The summed E-state index contributed by atoms with van der Waals surface area (Å²) in [5.74, 6) is 0.397. The van der Waals surface area contributed by atoms with Gasteiger partial charge >= 0.3 is 0 Å². The van der Waals surface area contributed by atoms with Crippen molar-refractivity contribution in [2.24, 2.45) is 0 Å². The Balaban J connectivity index is 2.08. The molecule has 0 aliphatic heterocycles. The summed E-state index contributed by atoms with van der Waals surface area (Å²) in [6.45, 7) is 0. The number of nitrogens with one attached hydrogen (secondary N) is 3. The molecule has 2 rings (SSSR count). The molecule has 2 aromatic rings. The first-order chi connectivity index (χ1) is 6.36. The van der Waals surface area contributed by atoms with Crippen LogP contribution in [0.2, 0.25) is 0 Å². The number of anilines is 1. The predicted molar refractivity (Wildman–Crippen MR) is 47.3 cm³/mol. The second-order valence-corrected chi connectivity index (χ2v) is 2.51. The lowest BCUT2D eigenvalue weighted by molar-refractivity contribution is 0.102. The van der Waals surface area contributed by atoms with Crippen molar-refractivity contribution in [3.63, 3.8) is 0 Å². The Morgan fingerprint density at radius 1 is 1.46 bits per heavy atom. The zero-order chi connectivity index (χ0) is 9.10. The molecule has 0 aliphatic carbocycles. The Kier molecular flexibility index (Phi) is 1.84. The van der Waals surface area contributed by atoms with Crippen LogP contribution in [0.4, 0.5) is 5.82 Å². The van der Waals surface area contributed by atoms with Gasteiger partial charge in [0.25, 0.3) is 5.91 Å². The second-order valence-electron chi connectivity index (χ2n) is 2.51. The van der Waals surface area contributed by atoms with E-state index < -0.39 is 0 Å². The lowest BCUT2D eigenvalue weighted by Crippen LogP contribution is -2.12. The van der Waals surface area contributed by atoms with Crippen LogP contribution in [0.15, 0.2) is 30.6 Å². The standard InChI is InChI=1S/C8H8N4O/c13-8(6-2-1-4-9-6)11-7-3-5-10-12-7/h1-5,9H,(H2,10,11,12,13). The fourth-order valence-corrected chi connectivity index (χ4v) is 0.987. The molecule has 1 amide bonds. The summed E-state index contributed by atoms with van der Waals surface area (Å²) in [7, 11) is 0. The molecule has 5 heteroatoms. The molecule has 0 fully saturated rings. The van der Waals surface area contributed by atoms with Gasteiger partial charge in [-0.3, -0.25) is 9.89 Å². The summed E-state index contributed by atoms with van der Waals surface area (Å²) in [4.78, 5) is 14.2. The van der Waals surface area contributed by atoms with Crippen molar-refractivity contribution in [1.82, 2.24) is 15.2 Å². The quantitative estimate of drug-likeness (QED) is 0.638. The van der Waals surface area contributed by atoms with Gasteiger partial charge in [-0.25, -0.2) is 0 Å². The number of rotatable bonds is 2. The summed E-state index contributed by atoms with van der Waals surface area (Å²) < 4.78 is 0. The van der Waals surface area contributed by atoms with Gasteiger partial charge in [-0.05, 0) is 12.1 Å². The monoisotopic (exact) mass is 176 g/mol. The first-order valence-corrected chi connectivity index (χ1v) is 3.80. The van der Waals surface area contributed by atoms with Gasteiger partial charge in [0.15, 0.2) is 0 Å². The van der Waals surface area contributed by atoms with Crippen LogP contribution in [0.25, 0.3) is 0 Å². The van der Waals surface area contributed by atoms with E-state index in [0.717, 1.165) is 0 Å². The Labute approximate surface area is 74.2 Å². The zero-order valence-corrected chi connectivity index (χ0v) is 6.74. The van der Waals surface area contributed by atoms with Crippen LogP contribution in [-0.4, -0.2) is 21.1 Å². The minimum absolute atomic E-state index is 0.186. The van der Waals surface area contributed by atoms with Gasteiger partial charge in [0, 0.05) is 12.3 Å². The number of H-pyrrole nitrogens is 2. The van der Waals surface area contributed by atoms with E-state index in [0.29, 0.717) is 11.5 Å². The first-order valence-electron chi connectivity index (χ1n) is 3.80. The molecule has 0 bridgehead atoms. The van der Waals surface area contributed by atoms with E-state index in [2.05, 4.69) is 20.5 Å². The number of carbonyl (C=O) groups excluding carboxylic acids is 1. The van der Waals surface area contributed by atoms with Crippen LogP contribution >= 0.6 is 0 Å². The lowest BCUT2D eigenvalue weighted by Gasteiger charge is -1.98. The zero-order valence-electron chi connectivity index (χ0n) is 6.74. The Bertz CT molecular complexity index is 376. The number of aromatic amines is 2. The van der Waals surface area contributed by atoms with E-state index in [9.17, 15) is 4.79 Å². The molecule has 66 valence electrons. The van der Waals surface area contributed by atoms with Gasteiger partial charge in [0.05, 0.1) is 6.20 Å². The van der Waals surface area contributed by atoms with Crippen LogP contribution in [0.5, 0.6) is 0 Å². The molecular weight excluding hydrogens is 168 g/mol. The molecule has 0 aromatic carbocycles. The van der Waals surface area contributed by atoms with Gasteiger partial charge in [-0.1, -0.05) is 0 Å². The largest absolute Gasteiger partial charge is 0.357 e. The number of hydrogen-bond donors (Lipinski definition) is 3. The number of amides is 1. The fraction of sp³-hybridized carbons (Fsp3) is 0. The SMILES string of the molecule is O=C(Nc1ccn[nH]1)c1ccc[nH]1. The molecule has 0 unspecified atom stereocenters. The molecular formula is C8H8N4O. The molecule has 2 aromatic heterocycles. The van der Waals surface area contributed by atoms with Crippen molar-refractivity contribution >= 4 is 11.7 Å². The molecule has 0 saturated carbocycles. The molecule has 5 nitrogen and oxygen atoms in total. The normalized spacial score (nSPS) is 9.85. The smallest absolute Gasteiger partial charge is 0.273 e. The van der Waals surface area contributed by atoms with E-state index in [1.54, 1.807) is 30.6 Å². The highest BCUT2D eigenvalue weighted by Crippen LogP contribution is 2.02. The molecule has 13 heavy (non-hydrogen) atoms. The van der Waals surface area contributed by atoms with Crippen molar-refractivity contribution < 1.29 is 4.79 Å². The number of carbonyl (C=O) groups is 1. The van der Waals surface area contributed by atoms with E-state index in [-0.39, 0.29) is 5.91 Å². The molecule has 0 aliphatic rings. The Morgan fingerprint density at radius 3 is 3.00 bits per heavy atom. The maximum Gasteiger partial charge on any atom is 0.273 e. The third-order valence-electron chi connectivity index (χ3n) is 1.59. The Morgan fingerprint density at radius 2 is 2.38 bits per heavy atom. The average Bonchev–Trinajstić information content (AvgIpc) is 2.74. The molecule has 0 saturated heterocycles. The van der Waals surface area contributed by atoms with Crippen molar-refractivity contribution in [3.8, 4) is 0 Å². The summed E-state index contributed by atoms with van der Waals surface area (Å²) in [6, 6.07) is 5.15. The minimum Gasteiger partial charge on any atom is -0.357 e. The van der Waals surface area contributed by atoms with Crippen LogP contribution in [0, 0.1) is 0 Å². The average molecular weight is 176 g/mol. The lowest BCUT2D eigenvalue weighted by atomic mass is 10.4. The van der Waals surface area contributed by atoms with Crippen LogP contribution in [-0.2, 0) is 0 Å². The summed E-state index contributed by atoms with van der Waals surface area (Å²) >= 11 is 0. The molecule has 0 spiro atoms.